The predicted octanol–water partition coefficient (Wildman–Crippen LogP) is 4.89. The van der Waals surface area contributed by atoms with Gasteiger partial charge in [-0.2, -0.15) is 0 Å². The minimum Gasteiger partial charge on any atom is -0.488 e. The standard InChI is InChI=1S/C14H21Br2NO/c1-5-10(4)18-14-12(15)6-11(7-13(14)16)8-17-9(2)3/h6-7,9-10,17H,5,8H2,1-4H3. The Balaban J connectivity index is 2.83. The molecule has 0 fully saturated rings. The lowest BCUT2D eigenvalue weighted by Gasteiger charge is -2.17. The van der Waals surface area contributed by atoms with Crippen LogP contribution in [0.4, 0.5) is 0 Å². The summed E-state index contributed by atoms with van der Waals surface area (Å²) < 4.78 is 7.89. The van der Waals surface area contributed by atoms with Crippen LogP contribution < -0.4 is 10.1 Å². The van der Waals surface area contributed by atoms with Gasteiger partial charge in [-0.25, -0.2) is 0 Å². The fraction of sp³-hybridized carbons (Fsp3) is 0.571. The minimum absolute atomic E-state index is 0.220. The summed E-state index contributed by atoms with van der Waals surface area (Å²) in [6.07, 6.45) is 1.22. The molecular formula is C14H21Br2NO. The number of ether oxygens (including phenoxy) is 1. The van der Waals surface area contributed by atoms with Crippen LogP contribution in [0.15, 0.2) is 21.1 Å². The first-order valence-electron chi connectivity index (χ1n) is 6.32. The van der Waals surface area contributed by atoms with Crippen LogP contribution in [0.2, 0.25) is 0 Å². The molecule has 1 rings (SSSR count). The van der Waals surface area contributed by atoms with Crippen LogP contribution in [0.3, 0.4) is 0 Å². The fourth-order valence-electron chi connectivity index (χ4n) is 1.43. The molecule has 1 atom stereocenters. The third-order valence-electron chi connectivity index (χ3n) is 2.67. The van der Waals surface area contributed by atoms with Gasteiger partial charge in [0.05, 0.1) is 15.0 Å². The quantitative estimate of drug-likeness (QED) is 0.760. The number of hydrogen-bond donors (Lipinski definition) is 1. The normalized spacial score (nSPS) is 12.8. The van der Waals surface area contributed by atoms with Gasteiger partial charge in [0.2, 0.25) is 0 Å². The molecule has 0 saturated carbocycles. The Morgan fingerprint density at radius 1 is 1.17 bits per heavy atom. The first kappa shape index (κ1) is 16.0. The van der Waals surface area contributed by atoms with Crippen molar-refractivity contribution in [2.24, 2.45) is 0 Å². The summed E-state index contributed by atoms with van der Waals surface area (Å²) in [6, 6.07) is 4.70. The zero-order valence-electron chi connectivity index (χ0n) is 11.4. The Morgan fingerprint density at radius 2 is 1.72 bits per heavy atom. The highest BCUT2D eigenvalue weighted by atomic mass is 79.9. The van der Waals surface area contributed by atoms with Gasteiger partial charge in [-0.1, -0.05) is 20.8 Å². The Kier molecular flexibility index (Phi) is 6.67. The molecule has 0 amide bonds. The van der Waals surface area contributed by atoms with Crippen molar-refractivity contribution in [3.05, 3.63) is 26.6 Å². The Morgan fingerprint density at radius 3 is 2.17 bits per heavy atom. The monoisotopic (exact) mass is 377 g/mol. The molecule has 1 N–H and O–H groups in total. The van der Waals surface area contributed by atoms with E-state index in [1.807, 2.05) is 0 Å². The maximum Gasteiger partial charge on any atom is 0.148 e. The van der Waals surface area contributed by atoms with Crippen LogP contribution >= 0.6 is 31.9 Å². The molecule has 0 aliphatic rings. The third kappa shape index (κ3) is 4.90. The molecule has 1 aromatic rings. The maximum absolute atomic E-state index is 5.89. The zero-order chi connectivity index (χ0) is 13.7. The van der Waals surface area contributed by atoms with Gasteiger partial charge in [-0.15, -0.1) is 0 Å². The van der Waals surface area contributed by atoms with E-state index in [1.165, 1.54) is 5.56 Å². The van der Waals surface area contributed by atoms with Crippen molar-refractivity contribution >= 4 is 31.9 Å². The van der Waals surface area contributed by atoms with Crippen molar-refractivity contribution in [1.29, 1.82) is 0 Å². The molecule has 0 radical (unpaired) electrons. The fourth-order valence-corrected chi connectivity index (χ4v) is 2.90. The van der Waals surface area contributed by atoms with Gasteiger partial charge >= 0.3 is 0 Å². The van der Waals surface area contributed by atoms with Gasteiger partial charge in [0.25, 0.3) is 0 Å². The molecule has 0 spiro atoms. The second kappa shape index (κ2) is 7.51. The highest BCUT2D eigenvalue weighted by molar-refractivity contribution is 9.11. The van der Waals surface area contributed by atoms with Crippen molar-refractivity contribution in [2.75, 3.05) is 0 Å². The summed E-state index contributed by atoms with van der Waals surface area (Å²) in [5, 5.41) is 3.41. The van der Waals surface area contributed by atoms with E-state index in [2.05, 4.69) is 77.0 Å². The largest absolute Gasteiger partial charge is 0.488 e. The Bertz CT molecular complexity index is 370. The second-order valence-corrected chi connectivity index (χ2v) is 6.47. The summed E-state index contributed by atoms with van der Waals surface area (Å²) in [7, 11) is 0. The number of nitrogens with one attached hydrogen (secondary N) is 1. The molecule has 102 valence electrons. The van der Waals surface area contributed by atoms with Crippen LogP contribution in [-0.2, 0) is 6.54 Å². The molecule has 0 aliphatic carbocycles. The molecule has 18 heavy (non-hydrogen) atoms. The van der Waals surface area contributed by atoms with E-state index in [0.717, 1.165) is 27.7 Å². The SMILES string of the molecule is CCC(C)Oc1c(Br)cc(CNC(C)C)cc1Br. The molecule has 2 nitrogen and oxygen atoms in total. The molecule has 0 saturated heterocycles. The molecule has 1 aromatic carbocycles. The first-order chi connectivity index (χ1) is 8.43. The third-order valence-corrected chi connectivity index (χ3v) is 3.84. The number of hydrogen-bond acceptors (Lipinski definition) is 2. The van der Waals surface area contributed by atoms with Crippen molar-refractivity contribution in [3.63, 3.8) is 0 Å². The van der Waals surface area contributed by atoms with E-state index >= 15 is 0 Å². The van der Waals surface area contributed by atoms with Gasteiger partial charge in [0.15, 0.2) is 0 Å². The molecule has 0 bridgehead atoms. The lowest BCUT2D eigenvalue weighted by atomic mass is 10.2. The molecular weight excluding hydrogens is 358 g/mol. The van der Waals surface area contributed by atoms with Crippen LogP contribution in [-0.4, -0.2) is 12.1 Å². The highest BCUT2D eigenvalue weighted by Crippen LogP contribution is 2.35. The summed E-state index contributed by atoms with van der Waals surface area (Å²) in [6.45, 7) is 9.34. The van der Waals surface area contributed by atoms with E-state index < -0.39 is 0 Å². The van der Waals surface area contributed by atoms with Crippen LogP contribution in [0.1, 0.15) is 39.7 Å². The van der Waals surface area contributed by atoms with E-state index in [1.54, 1.807) is 0 Å². The number of rotatable bonds is 6. The molecule has 1 unspecified atom stereocenters. The lowest BCUT2D eigenvalue weighted by molar-refractivity contribution is 0.214. The van der Waals surface area contributed by atoms with Gasteiger partial charge in [0, 0.05) is 12.6 Å². The smallest absolute Gasteiger partial charge is 0.148 e. The van der Waals surface area contributed by atoms with Crippen molar-refractivity contribution in [3.8, 4) is 5.75 Å². The summed E-state index contributed by atoms with van der Waals surface area (Å²) in [5.74, 6) is 0.887. The maximum atomic E-state index is 5.89. The Labute approximate surface area is 127 Å². The predicted molar refractivity (Wildman–Crippen MR) is 84.2 cm³/mol. The average molecular weight is 379 g/mol. The summed E-state index contributed by atoms with van der Waals surface area (Å²) >= 11 is 7.16. The first-order valence-corrected chi connectivity index (χ1v) is 7.90. The number of halogens is 2. The molecule has 4 heteroatoms. The van der Waals surface area contributed by atoms with Crippen LogP contribution in [0, 0.1) is 0 Å². The van der Waals surface area contributed by atoms with Gasteiger partial charge in [-0.05, 0) is 62.9 Å². The van der Waals surface area contributed by atoms with Crippen molar-refractivity contribution in [1.82, 2.24) is 5.32 Å². The van der Waals surface area contributed by atoms with Gasteiger partial charge < -0.3 is 10.1 Å². The highest BCUT2D eigenvalue weighted by Gasteiger charge is 2.11. The van der Waals surface area contributed by atoms with Crippen molar-refractivity contribution in [2.45, 2.75) is 52.8 Å². The van der Waals surface area contributed by atoms with E-state index in [9.17, 15) is 0 Å². The summed E-state index contributed by atoms with van der Waals surface area (Å²) in [5.41, 5.74) is 1.24. The van der Waals surface area contributed by atoms with Crippen molar-refractivity contribution < 1.29 is 4.74 Å². The molecule has 0 heterocycles. The average Bonchev–Trinajstić information content (AvgIpc) is 2.30. The second-order valence-electron chi connectivity index (χ2n) is 4.76. The lowest BCUT2D eigenvalue weighted by Crippen LogP contribution is -2.21. The Hall–Kier alpha value is -0.0600. The molecule has 0 aliphatic heterocycles. The minimum atomic E-state index is 0.220. The number of benzene rings is 1. The van der Waals surface area contributed by atoms with Crippen LogP contribution in [0.25, 0.3) is 0 Å². The van der Waals surface area contributed by atoms with Gasteiger partial charge in [0.1, 0.15) is 5.75 Å². The molecule has 0 aromatic heterocycles. The zero-order valence-corrected chi connectivity index (χ0v) is 14.6. The van der Waals surface area contributed by atoms with E-state index in [-0.39, 0.29) is 6.10 Å². The van der Waals surface area contributed by atoms with E-state index in [4.69, 9.17) is 4.74 Å². The van der Waals surface area contributed by atoms with E-state index in [0.29, 0.717) is 6.04 Å². The topological polar surface area (TPSA) is 21.3 Å². The summed E-state index contributed by atoms with van der Waals surface area (Å²) in [4.78, 5) is 0. The van der Waals surface area contributed by atoms with Gasteiger partial charge in [-0.3, -0.25) is 0 Å². The van der Waals surface area contributed by atoms with Crippen LogP contribution in [0.5, 0.6) is 5.75 Å².